The Morgan fingerprint density at radius 2 is 2.00 bits per heavy atom. The molecule has 5 heteroatoms. The first kappa shape index (κ1) is 13.4. The molecule has 3 nitrogen and oxygen atoms in total. The van der Waals surface area contributed by atoms with Crippen LogP contribution < -0.4 is 0 Å². The summed E-state index contributed by atoms with van der Waals surface area (Å²) >= 11 is 11.8. The summed E-state index contributed by atoms with van der Waals surface area (Å²) in [6, 6.07) is 3.67. The first-order valence-electron chi connectivity index (χ1n) is 5.85. The van der Waals surface area contributed by atoms with Gasteiger partial charge in [-0.05, 0) is 38.0 Å². The highest BCUT2D eigenvalue weighted by atomic mass is 35.5. The molecule has 2 aromatic heterocycles. The second-order valence-electron chi connectivity index (χ2n) is 4.15. The van der Waals surface area contributed by atoms with Gasteiger partial charge in [-0.1, -0.05) is 18.5 Å². The lowest BCUT2D eigenvalue weighted by molar-refractivity contribution is 0.799. The van der Waals surface area contributed by atoms with Gasteiger partial charge < -0.3 is 0 Å². The first-order chi connectivity index (χ1) is 8.58. The van der Waals surface area contributed by atoms with Gasteiger partial charge in [0.1, 0.15) is 0 Å². The maximum Gasteiger partial charge on any atom is 0.154 e. The third kappa shape index (κ3) is 2.25. The van der Waals surface area contributed by atoms with Crippen LogP contribution in [0.25, 0.3) is 5.82 Å². The summed E-state index contributed by atoms with van der Waals surface area (Å²) in [5.41, 5.74) is 4.10. The normalized spacial score (nSPS) is 10.9. The third-order valence-corrected chi connectivity index (χ3v) is 3.64. The smallest absolute Gasteiger partial charge is 0.154 e. The van der Waals surface area contributed by atoms with Crippen molar-refractivity contribution < 1.29 is 0 Å². The lowest BCUT2D eigenvalue weighted by atomic mass is 10.1. The summed E-state index contributed by atoms with van der Waals surface area (Å²) in [5, 5.41) is 5.11. The van der Waals surface area contributed by atoms with E-state index < -0.39 is 0 Å². The first-order valence-corrected chi connectivity index (χ1v) is 6.76. The van der Waals surface area contributed by atoms with Gasteiger partial charge in [0.25, 0.3) is 0 Å². The SMILES string of the molecule is CCc1c(C)nn(-c2ccc(Cl)c(CCl)n2)c1C. The lowest BCUT2D eigenvalue weighted by Gasteiger charge is -2.06. The predicted molar refractivity (Wildman–Crippen MR) is 74.8 cm³/mol. The Morgan fingerprint density at radius 3 is 2.56 bits per heavy atom. The number of alkyl halides is 1. The molecular formula is C13H15Cl2N3. The number of rotatable bonds is 3. The van der Waals surface area contributed by atoms with Gasteiger partial charge in [-0.25, -0.2) is 9.67 Å². The minimum atomic E-state index is 0.298. The Morgan fingerprint density at radius 1 is 1.28 bits per heavy atom. The van der Waals surface area contributed by atoms with Gasteiger partial charge in [-0.3, -0.25) is 0 Å². The van der Waals surface area contributed by atoms with Crippen LogP contribution in [0, 0.1) is 13.8 Å². The molecular weight excluding hydrogens is 269 g/mol. The molecule has 0 fully saturated rings. The molecule has 2 aromatic rings. The highest BCUT2D eigenvalue weighted by Crippen LogP contribution is 2.21. The van der Waals surface area contributed by atoms with E-state index in [1.54, 1.807) is 0 Å². The summed E-state index contributed by atoms with van der Waals surface area (Å²) in [4.78, 5) is 4.45. The number of aryl methyl sites for hydroxylation is 1. The van der Waals surface area contributed by atoms with Gasteiger partial charge in [0.15, 0.2) is 5.82 Å². The average molecular weight is 284 g/mol. The zero-order valence-corrected chi connectivity index (χ0v) is 12.2. The highest BCUT2D eigenvalue weighted by Gasteiger charge is 2.13. The molecule has 0 amide bonds. The minimum absolute atomic E-state index is 0.298. The van der Waals surface area contributed by atoms with E-state index in [4.69, 9.17) is 23.2 Å². The van der Waals surface area contributed by atoms with E-state index in [0.29, 0.717) is 16.6 Å². The largest absolute Gasteiger partial charge is 0.231 e. The van der Waals surface area contributed by atoms with E-state index in [0.717, 1.165) is 23.6 Å². The van der Waals surface area contributed by atoms with E-state index in [2.05, 4.69) is 23.9 Å². The second kappa shape index (κ2) is 5.29. The van der Waals surface area contributed by atoms with Crippen molar-refractivity contribution in [1.29, 1.82) is 0 Å². The topological polar surface area (TPSA) is 30.7 Å². The molecule has 0 saturated heterocycles. The fourth-order valence-corrected chi connectivity index (χ4v) is 2.54. The Labute approximate surface area is 117 Å². The van der Waals surface area contributed by atoms with Crippen LogP contribution in [0.15, 0.2) is 12.1 Å². The molecule has 96 valence electrons. The Bertz CT molecular complexity index is 576. The fourth-order valence-electron chi connectivity index (χ4n) is 2.09. The zero-order valence-electron chi connectivity index (χ0n) is 10.7. The molecule has 0 spiro atoms. The molecule has 0 radical (unpaired) electrons. The van der Waals surface area contributed by atoms with Crippen LogP contribution in [0.2, 0.25) is 5.02 Å². The minimum Gasteiger partial charge on any atom is -0.231 e. The molecule has 0 aliphatic carbocycles. The number of hydrogen-bond donors (Lipinski definition) is 0. The van der Waals surface area contributed by atoms with Crippen LogP contribution in [0.1, 0.15) is 29.6 Å². The van der Waals surface area contributed by atoms with Crippen molar-refractivity contribution in [2.24, 2.45) is 0 Å². The molecule has 0 unspecified atom stereocenters. The van der Waals surface area contributed by atoms with E-state index in [-0.39, 0.29) is 0 Å². The summed E-state index contributed by atoms with van der Waals surface area (Å²) in [7, 11) is 0. The second-order valence-corrected chi connectivity index (χ2v) is 4.82. The number of halogens is 2. The highest BCUT2D eigenvalue weighted by molar-refractivity contribution is 6.32. The Balaban J connectivity index is 2.55. The van der Waals surface area contributed by atoms with Gasteiger partial charge in [0.05, 0.1) is 22.3 Å². The van der Waals surface area contributed by atoms with Crippen LogP contribution in [-0.2, 0) is 12.3 Å². The summed E-state index contributed by atoms with van der Waals surface area (Å²) in [6.45, 7) is 6.19. The van der Waals surface area contributed by atoms with Gasteiger partial charge in [-0.2, -0.15) is 5.10 Å². The Kier molecular flexibility index (Phi) is 3.93. The van der Waals surface area contributed by atoms with E-state index in [1.807, 2.05) is 23.7 Å². The van der Waals surface area contributed by atoms with Crippen molar-refractivity contribution >= 4 is 23.2 Å². The van der Waals surface area contributed by atoms with Crippen molar-refractivity contribution in [2.75, 3.05) is 0 Å². The number of pyridine rings is 1. The molecule has 0 bridgehead atoms. The van der Waals surface area contributed by atoms with Crippen molar-refractivity contribution in [1.82, 2.24) is 14.8 Å². The van der Waals surface area contributed by atoms with E-state index in [9.17, 15) is 0 Å². The standard InChI is InChI=1S/C13H15Cl2N3/c1-4-10-8(2)17-18(9(10)3)13-6-5-11(15)12(7-14)16-13/h5-6H,4,7H2,1-3H3. The van der Waals surface area contributed by atoms with Gasteiger partial charge in [0.2, 0.25) is 0 Å². The van der Waals surface area contributed by atoms with E-state index in [1.165, 1.54) is 5.56 Å². The lowest BCUT2D eigenvalue weighted by Crippen LogP contribution is -2.04. The number of aromatic nitrogens is 3. The number of nitrogens with zero attached hydrogens (tertiary/aromatic N) is 3. The number of hydrogen-bond acceptors (Lipinski definition) is 2. The van der Waals surface area contributed by atoms with Gasteiger partial charge in [0, 0.05) is 5.69 Å². The fraction of sp³-hybridized carbons (Fsp3) is 0.385. The summed E-state index contributed by atoms with van der Waals surface area (Å²) < 4.78 is 1.85. The third-order valence-electron chi connectivity index (χ3n) is 3.04. The van der Waals surface area contributed by atoms with Gasteiger partial charge >= 0.3 is 0 Å². The molecule has 0 saturated carbocycles. The molecule has 0 atom stereocenters. The quantitative estimate of drug-likeness (QED) is 0.802. The molecule has 2 heterocycles. The van der Waals surface area contributed by atoms with Crippen LogP contribution in [0.3, 0.4) is 0 Å². The predicted octanol–water partition coefficient (Wildman–Crippen LogP) is 3.84. The molecule has 0 aromatic carbocycles. The zero-order chi connectivity index (χ0) is 13.3. The van der Waals surface area contributed by atoms with Crippen LogP contribution in [0.5, 0.6) is 0 Å². The molecule has 0 aliphatic rings. The molecule has 2 rings (SSSR count). The van der Waals surface area contributed by atoms with Crippen molar-refractivity contribution in [3.05, 3.63) is 39.8 Å². The van der Waals surface area contributed by atoms with Crippen molar-refractivity contribution in [3.8, 4) is 5.82 Å². The molecule has 18 heavy (non-hydrogen) atoms. The van der Waals surface area contributed by atoms with Gasteiger partial charge in [-0.15, -0.1) is 11.6 Å². The maximum atomic E-state index is 6.01. The van der Waals surface area contributed by atoms with Crippen molar-refractivity contribution in [3.63, 3.8) is 0 Å². The molecule has 0 N–H and O–H groups in total. The van der Waals surface area contributed by atoms with E-state index >= 15 is 0 Å². The summed E-state index contributed by atoms with van der Waals surface area (Å²) in [6.07, 6.45) is 0.966. The average Bonchev–Trinajstić information content (AvgIpc) is 2.65. The maximum absolute atomic E-state index is 6.01. The van der Waals surface area contributed by atoms with Crippen LogP contribution in [0.4, 0.5) is 0 Å². The summed E-state index contributed by atoms with van der Waals surface area (Å²) in [5.74, 6) is 1.06. The molecule has 0 aliphatic heterocycles. The van der Waals surface area contributed by atoms with Crippen LogP contribution >= 0.6 is 23.2 Å². The Hall–Kier alpha value is -1.06. The van der Waals surface area contributed by atoms with Crippen LogP contribution in [-0.4, -0.2) is 14.8 Å². The monoisotopic (exact) mass is 283 g/mol. The van der Waals surface area contributed by atoms with Crippen molar-refractivity contribution in [2.45, 2.75) is 33.1 Å².